The third-order valence-electron chi connectivity index (χ3n) is 4.89. The van der Waals surface area contributed by atoms with E-state index in [0.29, 0.717) is 11.4 Å². The number of carbonyl (C=O) groups excluding carboxylic acids is 1. The lowest BCUT2D eigenvalue weighted by Crippen LogP contribution is -2.24. The number of amides is 1. The number of nitrogens with zero attached hydrogens (tertiary/aromatic N) is 2. The maximum atomic E-state index is 13.3. The molecule has 0 saturated heterocycles. The second kappa shape index (κ2) is 8.60. The van der Waals surface area contributed by atoms with Gasteiger partial charge in [0, 0.05) is 18.3 Å². The van der Waals surface area contributed by atoms with Crippen molar-refractivity contribution in [2.75, 3.05) is 4.72 Å². The topological polar surface area (TPSA) is 93.1 Å². The Labute approximate surface area is 188 Å². The van der Waals surface area contributed by atoms with Crippen molar-refractivity contribution < 1.29 is 17.6 Å². The van der Waals surface area contributed by atoms with Crippen LogP contribution in [-0.4, -0.2) is 23.9 Å². The summed E-state index contributed by atoms with van der Waals surface area (Å²) in [6.07, 6.45) is 0. The van der Waals surface area contributed by atoms with Gasteiger partial charge in [-0.15, -0.1) is 0 Å². The van der Waals surface area contributed by atoms with E-state index in [1.165, 1.54) is 24.3 Å². The molecular weight excluding hydrogens is 455 g/mol. The number of carbonyl (C=O) groups is 1. The molecule has 0 saturated carbocycles. The fourth-order valence-corrected chi connectivity index (χ4v) is 4.49. The van der Waals surface area contributed by atoms with Gasteiger partial charge in [-0.1, -0.05) is 23.7 Å². The molecule has 0 unspecified atom stereocenters. The van der Waals surface area contributed by atoms with Gasteiger partial charge >= 0.3 is 0 Å². The average molecular weight is 473 g/mol. The predicted molar refractivity (Wildman–Crippen MR) is 121 cm³/mol. The Morgan fingerprint density at radius 2 is 1.81 bits per heavy atom. The van der Waals surface area contributed by atoms with Crippen LogP contribution in [0.3, 0.4) is 0 Å². The molecule has 0 aliphatic carbocycles. The first-order chi connectivity index (χ1) is 15.2. The average Bonchev–Trinajstić information content (AvgIpc) is 3.10. The summed E-state index contributed by atoms with van der Waals surface area (Å²) in [7, 11) is -2.08. The van der Waals surface area contributed by atoms with Crippen LogP contribution in [-0.2, 0) is 23.6 Å². The lowest BCUT2D eigenvalue weighted by Gasteiger charge is -2.10. The van der Waals surface area contributed by atoms with Gasteiger partial charge in [0.1, 0.15) is 11.6 Å². The third kappa shape index (κ3) is 4.44. The van der Waals surface area contributed by atoms with Crippen LogP contribution in [0.15, 0.2) is 71.6 Å². The Balaban J connectivity index is 1.43. The van der Waals surface area contributed by atoms with E-state index in [4.69, 9.17) is 11.6 Å². The van der Waals surface area contributed by atoms with Crippen molar-refractivity contribution in [1.82, 2.24) is 14.9 Å². The first-order valence-electron chi connectivity index (χ1n) is 9.51. The van der Waals surface area contributed by atoms with Gasteiger partial charge in [0.15, 0.2) is 0 Å². The van der Waals surface area contributed by atoms with E-state index in [-0.39, 0.29) is 28.1 Å². The number of nitrogens with one attached hydrogen (secondary N) is 2. The molecule has 2 N–H and O–H groups in total. The van der Waals surface area contributed by atoms with Crippen LogP contribution in [0.4, 0.5) is 10.1 Å². The van der Waals surface area contributed by atoms with Gasteiger partial charge in [-0.05, 0) is 54.6 Å². The zero-order valence-corrected chi connectivity index (χ0v) is 18.4. The standard InChI is InChI=1S/C22H18ClFN4O3S/c1-28-20-5-3-2-4-19(20)26-21(28)13-25-22(29)14-6-8-15(9-7-14)27-32(30,31)16-10-11-18(24)17(23)12-16/h2-12,27H,13H2,1H3,(H,25,29). The number of sulfonamides is 1. The molecule has 4 rings (SSSR count). The highest BCUT2D eigenvalue weighted by atomic mass is 35.5. The minimum absolute atomic E-state index is 0.173. The smallest absolute Gasteiger partial charge is 0.261 e. The van der Waals surface area contributed by atoms with Crippen LogP contribution in [0.25, 0.3) is 11.0 Å². The van der Waals surface area contributed by atoms with Crippen molar-refractivity contribution >= 4 is 44.3 Å². The van der Waals surface area contributed by atoms with E-state index in [1.54, 1.807) is 0 Å². The number of para-hydroxylation sites is 2. The van der Waals surface area contributed by atoms with Crippen LogP contribution in [0.2, 0.25) is 5.02 Å². The number of fused-ring (bicyclic) bond motifs is 1. The minimum atomic E-state index is -3.96. The summed E-state index contributed by atoms with van der Waals surface area (Å²) in [5.74, 6) is -0.321. The lowest BCUT2D eigenvalue weighted by atomic mass is 10.2. The summed E-state index contributed by atoms with van der Waals surface area (Å²) in [4.78, 5) is 16.8. The molecule has 164 valence electrons. The SMILES string of the molecule is Cn1c(CNC(=O)c2ccc(NS(=O)(=O)c3ccc(F)c(Cl)c3)cc2)nc2ccccc21. The molecule has 0 fully saturated rings. The number of anilines is 1. The van der Waals surface area contributed by atoms with Crippen molar-refractivity contribution in [1.29, 1.82) is 0 Å². The van der Waals surface area contributed by atoms with E-state index in [2.05, 4.69) is 15.0 Å². The maximum absolute atomic E-state index is 13.3. The summed E-state index contributed by atoms with van der Waals surface area (Å²) in [5.41, 5.74) is 2.42. The molecule has 0 aliphatic rings. The quantitative estimate of drug-likeness (QED) is 0.442. The first-order valence-corrected chi connectivity index (χ1v) is 11.4. The van der Waals surface area contributed by atoms with E-state index in [0.717, 1.165) is 29.2 Å². The normalized spacial score (nSPS) is 11.5. The number of halogens is 2. The summed E-state index contributed by atoms with van der Waals surface area (Å²) in [5, 5.41) is 2.52. The van der Waals surface area contributed by atoms with E-state index >= 15 is 0 Å². The van der Waals surface area contributed by atoms with Gasteiger partial charge in [0.2, 0.25) is 0 Å². The Kier molecular flexibility index (Phi) is 5.86. The van der Waals surface area contributed by atoms with E-state index < -0.39 is 15.8 Å². The number of rotatable bonds is 6. The highest BCUT2D eigenvalue weighted by molar-refractivity contribution is 7.92. The molecule has 10 heteroatoms. The first kappa shape index (κ1) is 21.8. The minimum Gasteiger partial charge on any atom is -0.345 e. The van der Waals surface area contributed by atoms with E-state index in [1.807, 2.05) is 35.9 Å². The molecule has 1 aromatic heterocycles. The summed E-state index contributed by atoms with van der Waals surface area (Å²) in [6, 6.07) is 16.7. The highest BCUT2D eigenvalue weighted by Gasteiger charge is 2.17. The molecule has 0 aliphatic heterocycles. The molecule has 4 aromatic rings. The van der Waals surface area contributed by atoms with Crippen molar-refractivity contribution in [2.24, 2.45) is 7.05 Å². The Morgan fingerprint density at radius 1 is 1.09 bits per heavy atom. The largest absolute Gasteiger partial charge is 0.345 e. The summed E-state index contributed by atoms with van der Waals surface area (Å²) in [6.45, 7) is 0.240. The number of aromatic nitrogens is 2. The lowest BCUT2D eigenvalue weighted by molar-refractivity contribution is 0.0949. The fraction of sp³-hybridized carbons (Fsp3) is 0.0909. The van der Waals surface area contributed by atoms with Gasteiger partial charge in [0.25, 0.3) is 15.9 Å². The number of hydrogen-bond donors (Lipinski definition) is 2. The van der Waals surface area contributed by atoms with Crippen LogP contribution in [0.5, 0.6) is 0 Å². The van der Waals surface area contributed by atoms with Crippen LogP contribution in [0, 0.1) is 5.82 Å². The molecule has 0 radical (unpaired) electrons. The molecule has 1 heterocycles. The number of imidazole rings is 1. The highest BCUT2D eigenvalue weighted by Crippen LogP contribution is 2.22. The maximum Gasteiger partial charge on any atom is 0.261 e. The number of aryl methyl sites for hydroxylation is 1. The van der Waals surface area contributed by atoms with Gasteiger partial charge in [-0.2, -0.15) is 0 Å². The molecule has 0 spiro atoms. The van der Waals surface area contributed by atoms with E-state index in [9.17, 15) is 17.6 Å². The van der Waals surface area contributed by atoms with Gasteiger partial charge in [0.05, 0.1) is 27.5 Å². The molecule has 0 atom stereocenters. The van der Waals surface area contributed by atoms with Crippen LogP contribution < -0.4 is 10.0 Å². The van der Waals surface area contributed by atoms with Gasteiger partial charge in [-0.25, -0.2) is 17.8 Å². The van der Waals surface area contributed by atoms with Crippen LogP contribution in [0.1, 0.15) is 16.2 Å². The van der Waals surface area contributed by atoms with Crippen molar-refractivity contribution in [3.63, 3.8) is 0 Å². The monoisotopic (exact) mass is 472 g/mol. The summed E-state index contributed by atoms with van der Waals surface area (Å²) < 4.78 is 42.5. The second-order valence-electron chi connectivity index (χ2n) is 7.02. The second-order valence-corrected chi connectivity index (χ2v) is 9.11. The zero-order chi connectivity index (χ0) is 22.9. The fourth-order valence-electron chi connectivity index (χ4n) is 3.16. The van der Waals surface area contributed by atoms with Crippen LogP contribution >= 0.6 is 11.6 Å². The molecule has 0 bridgehead atoms. The Bertz CT molecular complexity index is 1420. The Hall–Kier alpha value is -3.43. The summed E-state index contributed by atoms with van der Waals surface area (Å²) >= 11 is 5.67. The molecule has 1 amide bonds. The Morgan fingerprint density at radius 3 is 2.50 bits per heavy atom. The predicted octanol–water partition coefficient (Wildman–Crippen LogP) is 4.10. The van der Waals surface area contributed by atoms with Crippen molar-refractivity contribution in [2.45, 2.75) is 11.4 Å². The molecule has 3 aromatic carbocycles. The third-order valence-corrected chi connectivity index (χ3v) is 6.56. The zero-order valence-electron chi connectivity index (χ0n) is 16.8. The number of hydrogen-bond acceptors (Lipinski definition) is 4. The molecular formula is C22H18ClFN4O3S. The number of benzene rings is 3. The van der Waals surface area contributed by atoms with Gasteiger partial charge < -0.3 is 9.88 Å². The van der Waals surface area contributed by atoms with Crippen molar-refractivity contribution in [3.05, 3.63) is 89.0 Å². The molecule has 32 heavy (non-hydrogen) atoms. The van der Waals surface area contributed by atoms with Gasteiger partial charge in [-0.3, -0.25) is 9.52 Å². The molecule has 7 nitrogen and oxygen atoms in total. The van der Waals surface area contributed by atoms with Crippen molar-refractivity contribution in [3.8, 4) is 0 Å².